The Balaban J connectivity index is 1.85. The summed E-state index contributed by atoms with van der Waals surface area (Å²) in [6, 6.07) is 13.5. The summed E-state index contributed by atoms with van der Waals surface area (Å²) >= 11 is 0. The first kappa shape index (κ1) is 14.0. The van der Waals surface area contributed by atoms with E-state index in [2.05, 4.69) is 73.9 Å². The summed E-state index contributed by atoms with van der Waals surface area (Å²) in [6.07, 6.45) is 0. The van der Waals surface area contributed by atoms with Crippen LogP contribution in [0, 0.1) is 27.7 Å². The topological polar surface area (TPSA) is 6.48 Å². The maximum Gasteiger partial charge on any atom is 0.0904 e. The summed E-state index contributed by atoms with van der Waals surface area (Å²) in [5, 5.41) is 0. The highest BCUT2D eigenvalue weighted by molar-refractivity contribution is 5.61. The molecule has 1 saturated heterocycles. The van der Waals surface area contributed by atoms with Gasteiger partial charge in [0, 0.05) is 24.5 Å². The molecule has 2 aromatic carbocycles. The monoisotopic (exact) mass is 280 g/mol. The molecule has 0 bridgehead atoms. The van der Waals surface area contributed by atoms with E-state index in [0.29, 0.717) is 0 Å². The maximum atomic E-state index is 2.49. The molecule has 1 fully saturated rings. The molecule has 0 aliphatic carbocycles. The van der Waals surface area contributed by atoms with Gasteiger partial charge in [0.1, 0.15) is 0 Å². The normalized spacial score (nSPS) is 14.9. The van der Waals surface area contributed by atoms with Gasteiger partial charge in [-0.05, 0) is 62.1 Å². The highest BCUT2D eigenvalue weighted by Gasteiger charge is 2.22. The lowest BCUT2D eigenvalue weighted by Crippen LogP contribution is -2.26. The molecule has 0 atom stereocenters. The molecule has 0 unspecified atom stereocenters. The lowest BCUT2D eigenvalue weighted by molar-refractivity contribution is 0.939. The Morgan fingerprint density at radius 1 is 0.667 bits per heavy atom. The van der Waals surface area contributed by atoms with Crippen LogP contribution in [0.15, 0.2) is 36.4 Å². The molecule has 1 aliphatic heterocycles. The molecule has 2 aromatic rings. The number of aryl methyl sites for hydroxylation is 4. The first-order valence-corrected chi connectivity index (χ1v) is 7.69. The van der Waals surface area contributed by atoms with Crippen LogP contribution in [0.25, 0.3) is 0 Å². The molecule has 1 aliphatic rings. The fourth-order valence-electron chi connectivity index (χ4n) is 3.10. The Kier molecular flexibility index (Phi) is 3.62. The van der Waals surface area contributed by atoms with Gasteiger partial charge in [-0.3, -0.25) is 0 Å². The van der Waals surface area contributed by atoms with E-state index in [-0.39, 0.29) is 0 Å². The Morgan fingerprint density at radius 3 is 1.52 bits per heavy atom. The van der Waals surface area contributed by atoms with Gasteiger partial charge in [0.2, 0.25) is 0 Å². The van der Waals surface area contributed by atoms with Crippen molar-refractivity contribution in [1.82, 2.24) is 0 Å². The number of anilines is 2. The lowest BCUT2D eigenvalue weighted by atomic mass is 10.1. The molecular weight excluding hydrogens is 256 g/mol. The highest BCUT2D eigenvalue weighted by atomic mass is 15.4. The summed E-state index contributed by atoms with van der Waals surface area (Å²) in [5.41, 5.74) is 8.15. The average Bonchev–Trinajstić information content (AvgIpc) is 2.93. The van der Waals surface area contributed by atoms with E-state index in [1.54, 1.807) is 0 Å². The first-order chi connectivity index (χ1) is 10.0. The molecule has 0 aromatic heterocycles. The standard InChI is InChI=1S/C19H24N2/c1-14-5-7-16(3)18(11-14)20-9-10-21(13-20)19-12-15(2)6-8-17(19)4/h5-8,11-12H,9-10,13H2,1-4H3. The lowest BCUT2D eigenvalue weighted by Gasteiger charge is -2.24. The Morgan fingerprint density at radius 2 is 1.10 bits per heavy atom. The highest BCUT2D eigenvalue weighted by Crippen LogP contribution is 2.28. The minimum absolute atomic E-state index is 0.981. The number of hydrogen-bond acceptors (Lipinski definition) is 2. The second kappa shape index (κ2) is 5.44. The summed E-state index contributed by atoms with van der Waals surface area (Å²) < 4.78 is 0. The fourth-order valence-corrected chi connectivity index (χ4v) is 3.10. The van der Waals surface area contributed by atoms with Gasteiger partial charge in [0.15, 0.2) is 0 Å². The molecular formula is C19H24N2. The zero-order valence-corrected chi connectivity index (χ0v) is 13.5. The number of rotatable bonds is 2. The van der Waals surface area contributed by atoms with Crippen molar-refractivity contribution < 1.29 is 0 Å². The minimum Gasteiger partial charge on any atom is -0.352 e. The third-order valence-corrected chi connectivity index (χ3v) is 4.39. The van der Waals surface area contributed by atoms with Crippen LogP contribution < -0.4 is 9.80 Å². The molecule has 21 heavy (non-hydrogen) atoms. The van der Waals surface area contributed by atoms with Crippen LogP contribution in [0.5, 0.6) is 0 Å². The molecule has 0 amide bonds. The van der Waals surface area contributed by atoms with Crippen LogP contribution >= 0.6 is 0 Å². The van der Waals surface area contributed by atoms with Gasteiger partial charge in [0.25, 0.3) is 0 Å². The van der Waals surface area contributed by atoms with Gasteiger partial charge < -0.3 is 9.80 Å². The quantitative estimate of drug-likeness (QED) is 0.813. The predicted octanol–water partition coefficient (Wildman–Crippen LogP) is 4.20. The molecule has 1 heterocycles. The van der Waals surface area contributed by atoms with Gasteiger partial charge >= 0.3 is 0 Å². The van der Waals surface area contributed by atoms with Crippen molar-refractivity contribution in [2.45, 2.75) is 27.7 Å². The van der Waals surface area contributed by atoms with Crippen molar-refractivity contribution in [3.63, 3.8) is 0 Å². The van der Waals surface area contributed by atoms with Crippen molar-refractivity contribution in [3.05, 3.63) is 58.7 Å². The van der Waals surface area contributed by atoms with Crippen LogP contribution in [-0.2, 0) is 0 Å². The van der Waals surface area contributed by atoms with E-state index in [1.165, 1.54) is 33.6 Å². The Labute approximate surface area is 128 Å². The van der Waals surface area contributed by atoms with E-state index < -0.39 is 0 Å². The predicted molar refractivity (Wildman–Crippen MR) is 91.4 cm³/mol. The molecule has 110 valence electrons. The third kappa shape index (κ3) is 2.76. The van der Waals surface area contributed by atoms with Gasteiger partial charge in [-0.25, -0.2) is 0 Å². The number of nitrogens with zero attached hydrogens (tertiary/aromatic N) is 2. The van der Waals surface area contributed by atoms with Crippen molar-refractivity contribution in [3.8, 4) is 0 Å². The second-order valence-electron chi connectivity index (χ2n) is 6.25. The maximum absolute atomic E-state index is 2.49. The van der Waals surface area contributed by atoms with Gasteiger partial charge in [-0.2, -0.15) is 0 Å². The van der Waals surface area contributed by atoms with E-state index in [1.807, 2.05) is 0 Å². The third-order valence-electron chi connectivity index (χ3n) is 4.39. The summed E-state index contributed by atoms with van der Waals surface area (Å²) in [6.45, 7) is 11.9. The molecule has 3 rings (SSSR count). The van der Waals surface area contributed by atoms with E-state index in [0.717, 1.165) is 19.8 Å². The second-order valence-corrected chi connectivity index (χ2v) is 6.25. The van der Waals surface area contributed by atoms with E-state index in [4.69, 9.17) is 0 Å². The Hall–Kier alpha value is -1.96. The van der Waals surface area contributed by atoms with Gasteiger partial charge in [0.05, 0.1) is 6.67 Å². The first-order valence-electron chi connectivity index (χ1n) is 7.69. The van der Waals surface area contributed by atoms with Crippen LogP contribution in [0.1, 0.15) is 22.3 Å². The molecule has 2 nitrogen and oxygen atoms in total. The van der Waals surface area contributed by atoms with Crippen LogP contribution in [-0.4, -0.2) is 19.8 Å². The zero-order valence-electron chi connectivity index (χ0n) is 13.5. The summed E-state index contributed by atoms with van der Waals surface area (Å²) in [4.78, 5) is 4.98. The van der Waals surface area contributed by atoms with Crippen molar-refractivity contribution >= 4 is 11.4 Å². The van der Waals surface area contributed by atoms with Gasteiger partial charge in [-0.1, -0.05) is 24.3 Å². The largest absolute Gasteiger partial charge is 0.352 e. The zero-order chi connectivity index (χ0) is 15.0. The number of hydrogen-bond donors (Lipinski definition) is 0. The SMILES string of the molecule is Cc1ccc(C)c(N2CCN(c3cc(C)ccc3C)C2)c1. The number of benzene rings is 2. The molecule has 0 saturated carbocycles. The summed E-state index contributed by atoms with van der Waals surface area (Å²) in [5.74, 6) is 0. The smallest absolute Gasteiger partial charge is 0.0904 e. The van der Waals surface area contributed by atoms with Crippen molar-refractivity contribution in [1.29, 1.82) is 0 Å². The average molecular weight is 280 g/mol. The minimum atomic E-state index is 0.981. The molecule has 0 spiro atoms. The van der Waals surface area contributed by atoms with E-state index >= 15 is 0 Å². The summed E-state index contributed by atoms with van der Waals surface area (Å²) in [7, 11) is 0. The van der Waals surface area contributed by atoms with E-state index in [9.17, 15) is 0 Å². The van der Waals surface area contributed by atoms with Crippen LogP contribution in [0.4, 0.5) is 11.4 Å². The Bertz CT molecular complexity index is 603. The van der Waals surface area contributed by atoms with Gasteiger partial charge in [-0.15, -0.1) is 0 Å². The van der Waals surface area contributed by atoms with Crippen molar-refractivity contribution in [2.24, 2.45) is 0 Å². The van der Waals surface area contributed by atoms with Crippen LogP contribution in [0.2, 0.25) is 0 Å². The molecule has 2 heteroatoms. The fraction of sp³-hybridized carbons (Fsp3) is 0.368. The molecule has 0 radical (unpaired) electrons. The molecule has 0 N–H and O–H groups in total. The van der Waals surface area contributed by atoms with Crippen LogP contribution in [0.3, 0.4) is 0 Å². The van der Waals surface area contributed by atoms with Crippen molar-refractivity contribution in [2.75, 3.05) is 29.6 Å².